The molecule has 3 rings (SSSR count). The second-order valence-electron chi connectivity index (χ2n) is 4.90. The molecular weight excluding hydrogens is 303 g/mol. The lowest BCUT2D eigenvalue weighted by Gasteiger charge is -2.24. The molecule has 1 saturated heterocycles. The van der Waals surface area contributed by atoms with Crippen LogP contribution in [0.15, 0.2) is 12.1 Å². The maximum atomic E-state index is 12.2. The topological polar surface area (TPSA) is 88.3 Å². The van der Waals surface area contributed by atoms with Gasteiger partial charge in [0.25, 0.3) is 0 Å². The number of aromatic nitrogens is 5. The normalized spacial score (nSPS) is 18.9. The van der Waals surface area contributed by atoms with Crippen LogP contribution < -0.4 is 10.2 Å². The summed E-state index contributed by atoms with van der Waals surface area (Å²) in [5.41, 5.74) is 0.445. The van der Waals surface area contributed by atoms with Gasteiger partial charge in [0, 0.05) is 6.54 Å². The molecule has 11 heteroatoms. The Morgan fingerprint density at radius 2 is 2.23 bits per heavy atom. The van der Waals surface area contributed by atoms with Gasteiger partial charge in [0.05, 0.1) is 0 Å². The van der Waals surface area contributed by atoms with Crippen molar-refractivity contribution in [3.8, 4) is 0 Å². The number of hydrogen-bond acceptors (Lipinski definition) is 6. The number of carbonyl (C=O) groups excluding carboxylic acids is 1. The third-order valence-corrected chi connectivity index (χ3v) is 3.37. The van der Waals surface area contributed by atoms with Crippen molar-refractivity contribution >= 4 is 17.4 Å². The second-order valence-corrected chi connectivity index (χ2v) is 4.90. The van der Waals surface area contributed by atoms with Crippen molar-refractivity contribution in [3.05, 3.63) is 12.1 Å². The van der Waals surface area contributed by atoms with Crippen LogP contribution >= 0.6 is 0 Å². The van der Waals surface area contributed by atoms with Crippen LogP contribution in [0.5, 0.6) is 0 Å². The van der Waals surface area contributed by atoms with Gasteiger partial charge in [0.2, 0.25) is 5.91 Å². The molecule has 1 aliphatic heterocycles. The number of halogens is 3. The standard InChI is InChI=1S/C11H12F3N7O/c12-11(13,14)6-15-10(22)7-2-1-5-20(7)9-4-3-8-16-18-19-21(8)17-9/h3-4,7H,1-2,5-6H2,(H,15,22). The molecule has 8 nitrogen and oxygen atoms in total. The summed E-state index contributed by atoms with van der Waals surface area (Å²) in [5.74, 6) is -0.210. The van der Waals surface area contributed by atoms with Crippen LogP contribution in [0.1, 0.15) is 12.8 Å². The van der Waals surface area contributed by atoms with Crippen LogP contribution in [0.4, 0.5) is 19.0 Å². The zero-order valence-corrected chi connectivity index (χ0v) is 11.3. The highest BCUT2D eigenvalue weighted by molar-refractivity contribution is 5.85. The van der Waals surface area contributed by atoms with Crippen molar-refractivity contribution in [1.29, 1.82) is 0 Å². The summed E-state index contributed by atoms with van der Waals surface area (Å²) in [4.78, 5) is 13.6. The van der Waals surface area contributed by atoms with Gasteiger partial charge in [0.15, 0.2) is 11.5 Å². The van der Waals surface area contributed by atoms with E-state index in [4.69, 9.17) is 0 Å². The Morgan fingerprint density at radius 3 is 3.00 bits per heavy atom. The lowest BCUT2D eigenvalue weighted by molar-refractivity contribution is -0.139. The predicted octanol–water partition coefficient (Wildman–Crippen LogP) is 0.167. The van der Waals surface area contributed by atoms with Crippen LogP contribution in [-0.4, -0.2) is 56.5 Å². The van der Waals surface area contributed by atoms with Gasteiger partial charge >= 0.3 is 6.18 Å². The minimum Gasteiger partial charge on any atom is -0.345 e. The summed E-state index contributed by atoms with van der Waals surface area (Å²) in [5, 5.41) is 16.9. The molecule has 3 heterocycles. The van der Waals surface area contributed by atoms with E-state index < -0.39 is 24.7 Å². The molecule has 0 spiro atoms. The van der Waals surface area contributed by atoms with Crippen LogP contribution in [0.3, 0.4) is 0 Å². The zero-order chi connectivity index (χ0) is 15.7. The SMILES string of the molecule is O=C(NCC(F)(F)F)C1CCCN1c1ccc2nnnn2n1. The van der Waals surface area contributed by atoms with Crippen LogP contribution in [-0.2, 0) is 4.79 Å². The van der Waals surface area contributed by atoms with Crippen molar-refractivity contribution in [3.63, 3.8) is 0 Å². The highest BCUT2D eigenvalue weighted by Gasteiger charge is 2.34. The van der Waals surface area contributed by atoms with Gasteiger partial charge in [-0.1, -0.05) is 0 Å². The summed E-state index contributed by atoms with van der Waals surface area (Å²) in [7, 11) is 0. The largest absolute Gasteiger partial charge is 0.405 e. The average molecular weight is 315 g/mol. The number of fused-ring (bicyclic) bond motifs is 1. The molecule has 1 atom stereocenters. The molecule has 22 heavy (non-hydrogen) atoms. The van der Waals surface area contributed by atoms with Gasteiger partial charge in [-0.05, 0) is 35.4 Å². The number of hydrogen-bond donors (Lipinski definition) is 1. The summed E-state index contributed by atoms with van der Waals surface area (Å²) in [6.45, 7) is -0.805. The van der Waals surface area contributed by atoms with Gasteiger partial charge in [0.1, 0.15) is 12.6 Å². The van der Waals surface area contributed by atoms with Gasteiger partial charge in [-0.15, -0.1) is 14.8 Å². The first-order valence-corrected chi connectivity index (χ1v) is 6.60. The molecule has 2 aromatic heterocycles. The monoisotopic (exact) mass is 315 g/mol. The number of nitrogens with one attached hydrogen (secondary N) is 1. The Kier molecular flexibility index (Phi) is 3.54. The van der Waals surface area contributed by atoms with Crippen molar-refractivity contribution in [2.45, 2.75) is 25.1 Å². The number of rotatable bonds is 3. The summed E-state index contributed by atoms with van der Waals surface area (Å²) >= 11 is 0. The smallest absolute Gasteiger partial charge is 0.345 e. The zero-order valence-electron chi connectivity index (χ0n) is 11.3. The third-order valence-electron chi connectivity index (χ3n) is 3.37. The predicted molar refractivity (Wildman–Crippen MR) is 68.0 cm³/mol. The highest BCUT2D eigenvalue weighted by atomic mass is 19.4. The van der Waals surface area contributed by atoms with Crippen molar-refractivity contribution in [1.82, 2.24) is 30.6 Å². The summed E-state index contributed by atoms with van der Waals surface area (Å²) in [6.07, 6.45) is -3.26. The van der Waals surface area contributed by atoms with E-state index in [1.165, 1.54) is 4.63 Å². The molecule has 0 saturated carbocycles. The number of nitrogens with zero attached hydrogens (tertiary/aromatic N) is 6. The van der Waals surface area contributed by atoms with E-state index in [0.717, 1.165) is 0 Å². The van der Waals surface area contributed by atoms with E-state index >= 15 is 0 Å². The number of carbonyl (C=O) groups is 1. The molecule has 118 valence electrons. The number of tetrazole rings is 1. The molecule has 0 bridgehead atoms. The average Bonchev–Trinajstić information content (AvgIpc) is 3.11. The van der Waals surface area contributed by atoms with Gasteiger partial charge in [-0.3, -0.25) is 4.79 Å². The maximum absolute atomic E-state index is 12.2. The van der Waals surface area contributed by atoms with E-state index in [9.17, 15) is 18.0 Å². The quantitative estimate of drug-likeness (QED) is 0.868. The molecule has 0 aliphatic carbocycles. The first-order chi connectivity index (χ1) is 10.4. The van der Waals surface area contributed by atoms with Crippen molar-refractivity contribution in [2.75, 3.05) is 18.0 Å². The van der Waals surface area contributed by atoms with Crippen LogP contribution in [0, 0.1) is 0 Å². The van der Waals surface area contributed by atoms with Gasteiger partial charge in [-0.2, -0.15) is 13.2 Å². The molecule has 1 aliphatic rings. The second kappa shape index (κ2) is 5.39. The molecule has 0 aromatic carbocycles. The number of anilines is 1. The Labute approximate surface area is 122 Å². The fourth-order valence-electron chi connectivity index (χ4n) is 2.41. The first-order valence-electron chi connectivity index (χ1n) is 6.60. The Hall–Kier alpha value is -2.46. The minimum absolute atomic E-state index is 0.445. The highest BCUT2D eigenvalue weighted by Crippen LogP contribution is 2.24. The lowest BCUT2D eigenvalue weighted by Crippen LogP contribution is -2.46. The van der Waals surface area contributed by atoms with E-state index in [1.54, 1.807) is 17.0 Å². The Morgan fingerprint density at radius 1 is 1.41 bits per heavy atom. The number of alkyl halides is 3. The summed E-state index contributed by atoms with van der Waals surface area (Å²) in [6, 6.07) is 2.59. The van der Waals surface area contributed by atoms with Gasteiger partial charge in [-0.25, -0.2) is 0 Å². The Balaban J connectivity index is 1.76. The lowest BCUT2D eigenvalue weighted by atomic mass is 10.2. The Bertz CT molecular complexity index is 686. The van der Waals surface area contributed by atoms with Crippen LogP contribution in [0.2, 0.25) is 0 Å². The van der Waals surface area contributed by atoms with E-state index in [-0.39, 0.29) is 0 Å². The molecular formula is C11H12F3N7O. The van der Waals surface area contributed by atoms with Crippen molar-refractivity contribution < 1.29 is 18.0 Å². The number of amides is 1. The molecule has 1 fully saturated rings. The van der Waals surface area contributed by atoms with E-state index in [1.807, 2.05) is 5.32 Å². The first kappa shape index (κ1) is 14.5. The summed E-state index contributed by atoms with van der Waals surface area (Å²) < 4.78 is 37.8. The molecule has 2 aromatic rings. The molecule has 1 amide bonds. The fourth-order valence-corrected chi connectivity index (χ4v) is 2.41. The van der Waals surface area contributed by atoms with E-state index in [2.05, 4.69) is 20.6 Å². The van der Waals surface area contributed by atoms with Crippen LogP contribution in [0.25, 0.3) is 5.65 Å². The fraction of sp³-hybridized carbons (Fsp3) is 0.545. The minimum atomic E-state index is -4.43. The third kappa shape index (κ3) is 2.92. The van der Waals surface area contributed by atoms with E-state index in [0.29, 0.717) is 30.9 Å². The van der Waals surface area contributed by atoms with Gasteiger partial charge < -0.3 is 10.2 Å². The molecule has 1 N–H and O–H groups in total. The molecule has 1 unspecified atom stereocenters. The van der Waals surface area contributed by atoms with Crippen molar-refractivity contribution in [2.24, 2.45) is 0 Å². The molecule has 0 radical (unpaired) electrons. The maximum Gasteiger partial charge on any atom is 0.405 e.